The number of halogens is 6. The van der Waals surface area contributed by atoms with E-state index in [1.165, 1.54) is 13.0 Å². The molecule has 1 unspecified atom stereocenters. The molecule has 26 heavy (non-hydrogen) atoms. The molecular formula is C12H16F6O6S2. The van der Waals surface area contributed by atoms with Crippen molar-refractivity contribution in [3.63, 3.8) is 0 Å². The van der Waals surface area contributed by atoms with E-state index in [1.54, 1.807) is 0 Å². The molecule has 0 bridgehead atoms. The number of hydrogen-bond donors (Lipinski definition) is 0. The van der Waals surface area contributed by atoms with Gasteiger partial charge in [0.2, 0.25) is 0 Å². The summed E-state index contributed by atoms with van der Waals surface area (Å²) in [7, 11) is -13.5. The van der Waals surface area contributed by atoms with Crippen molar-refractivity contribution in [1.82, 2.24) is 0 Å². The van der Waals surface area contributed by atoms with Crippen LogP contribution in [0.5, 0.6) is 0 Å². The normalized spacial score (nSPS) is 14.9. The number of alkyl halides is 6. The van der Waals surface area contributed by atoms with E-state index in [1.807, 2.05) is 0 Å². The smallest absolute Gasteiger partial charge is 0.462 e. The highest BCUT2D eigenvalue weighted by molar-refractivity contribution is 8.09. The summed E-state index contributed by atoms with van der Waals surface area (Å²) >= 11 is 0. The van der Waals surface area contributed by atoms with Gasteiger partial charge in [0.1, 0.15) is 6.10 Å². The average molecular weight is 434 g/mol. The van der Waals surface area contributed by atoms with Gasteiger partial charge in [0, 0.05) is 12.8 Å². The molecule has 0 heterocycles. The first-order chi connectivity index (χ1) is 11.5. The minimum atomic E-state index is -6.75. The Kier molecular flexibility index (Phi) is 8.15. The van der Waals surface area contributed by atoms with Crippen molar-refractivity contribution in [3.05, 3.63) is 12.7 Å². The van der Waals surface area contributed by atoms with Crippen molar-refractivity contribution in [3.8, 4) is 0 Å². The maximum atomic E-state index is 12.6. The first-order valence-electron chi connectivity index (χ1n) is 6.93. The SMILES string of the molecule is C=CCCC(=O)OC(CC)CC(S(=O)(=O)C(F)(F)F)S(=O)(=O)C(F)(F)F. The van der Waals surface area contributed by atoms with E-state index in [2.05, 4.69) is 11.3 Å². The molecule has 154 valence electrons. The van der Waals surface area contributed by atoms with Gasteiger partial charge in [-0.15, -0.1) is 6.58 Å². The van der Waals surface area contributed by atoms with E-state index in [-0.39, 0.29) is 12.8 Å². The highest BCUT2D eigenvalue weighted by atomic mass is 32.3. The molecule has 6 nitrogen and oxygen atoms in total. The summed E-state index contributed by atoms with van der Waals surface area (Å²) in [5.74, 6) is -1.05. The molecule has 0 aliphatic carbocycles. The maximum Gasteiger partial charge on any atom is 0.498 e. The summed E-state index contributed by atoms with van der Waals surface area (Å²) in [5.41, 5.74) is -12.5. The molecule has 0 aliphatic rings. The summed E-state index contributed by atoms with van der Waals surface area (Å²) in [6.07, 6.45) is -2.85. The van der Waals surface area contributed by atoms with Gasteiger partial charge in [-0.25, -0.2) is 16.8 Å². The van der Waals surface area contributed by atoms with Crippen LogP contribution in [0.3, 0.4) is 0 Å². The Morgan fingerprint density at radius 2 is 1.46 bits per heavy atom. The van der Waals surface area contributed by atoms with Crippen LogP contribution in [0, 0.1) is 0 Å². The fourth-order valence-corrected chi connectivity index (χ4v) is 5.22. The lowest BCUT2D eigenvalue weighted by atomic mass is 10.2. The molecule has 0 radical (unpaired) electrons. The second kappa shape index (κ2) is 8.59. The van der Waals surface area contributed by atoms with Crippen molar-refractivity contribution in [2.24, 2.45) is 0 Å². The first kappa shape index (κ1) is 24.7. The van der Waals surface area contributed by atoms with Gasteiger partial charge >= 0.3 is 17.0 Å². The van der Waals surface area contributed by atoms with E-state index in [0.29, 0.717) is 0 Å². The van der Waals surface area contributed by atoms with Gasteiger partial charge in [-0.2, -0.15) is 26.3 Å². The number of rotatable bonds is 9. The Bertz CT molecular complexity index is 663. The molecule has 14 heteroatoms. The molecule has 0 aromatic carbocycles. The number of sulfone groups is 2. The van der Waals surface area contributed by atoms with E-state index in [0.717, 1.165) is 0 Å². The third-order valence-corrected chi connectivity index (χ3v) is 7.68. The van der Waals surface area contributed by atoms with Crippen LogP contribution < -0.4 is 0 Å². The molecule has 0 aromatic heterocycles. The molecule has 0 spiro atoms. The van der Waals surface area contributed by atoms with Gasteiger partial charge in [-0.1, -0.05) is 13.0 Å². The van der Waals surface area contributed by atoms with Gasteiger partial charge in [-0.05, 0) is 12.8 Å². The number of carbonyl (C=O) groups excluding carboxylic acids is 1. The Labute approximate surface area is 146 Å². The van der Waals surface area contributed by atoms with Crippen LogP contribution >= 0.6 is 0 Å². The largest absolute Gasteiger partial charge is 0.498 e. The van der Waals surface area contributed by atoms with E-state index in [9.17, 15) is 48.0 Å². The van der Waals surface area contributed by atoms with Gasteiger partial charge in [0.15, 0.2) is 4.58 Å². The average Bonchev–Trinajstić information content (AvgIpc) is 2.46. The Hall–Kier alpha value is -1.31. The Balaban J connectivity index is 5.91. The Morgan fingerprint density at radius 1 is 1.04 bits per heavy atom. The quantitative estimate of drug-likeness (QED) is 0.315. The molecule has 1 atom stereocenters. The van der Waals surface area contributed by atoms with E-state index in [4.69, 9.17) is 0 Å². The van der Waals surface area contributed by atoms with Crippen molar-refractivity contribution in [2.45, 2.75) is 54.3 Å². The number of hydrogen-bond acceptors (Lipinski definition) is 6. The first-order valence-corrected chi connectivity index (χ1v) is 10.0. The molecule has 0 amide bonds. The highest BCUT2D eigenvalue weighted by Crippen LogP contribution is 2.38. The topological polar surface area (TPSA) is 94.6 Å². The number of ether oxygens (including phenoxy) is 1. The molecular weight excluding hydrogens is 418 g/mol. The molecule has 0 aromatic rings. The van der Waals surface area contributed by atoms with Crippen LogP contribution in [0.1, 0.15) is 32.6 Å². The monoisotopic (exact) mass is 434 g/mol. The van der Waals surface area contributed by atoms with Gasteiger partial charge in [0.25, 0.3) is 19.7 Å². The van der Waals surface area contributed by atoms with Crippen LogP contribution in [0.4, 0.5) is 26.3 Å². The fraction of sp³-hybridized carbons (Fsp3) is 0.750. The maximum absolute atomic E-state index is 12.6. The van der Waals surface area contributed by atoms with Gasteiger partial charge in [-0.3, -0.25) is 4.79 Å². The third-order valence-electron chi connectivity index (χ3n) is 3.10. The van der Waals surface area contributed by atoms with E-state index < -0.39 is 60.2 Å². The van der Waals surface area contributed by atoms with Gasteiger partial charge < -0.3 is 4.74 Å². The summed E-state index contributed by atoms with van der Waals surface area (Å²) in [6.45, 7) is 4.45. The van der Waals surface area contributed by atoms with Crippen molar-refractivity contribution in [2.75, 3.05) is 0 Å². The van der Waals surface area contributed by atoms with Crippen molar-refractivity contribution >= 4 is 25.6 Å². The molecule has 0 saturated heterocycles. The summed E-state index contributed by atoms with van der Waals surface area (Å²) in [6, 6.07) is 0. The Morgan fingerprint density at radius 3 is 1.77 bits per heavy atom. The van der Waals surface area contributed by atoms with Crippen LogP contribution in [0.2, 0.25) is 0 Å². The van der Waals surface area contributed by atoms with Crippen LogP contribution in [-0.4, -0.2) is 44.5 Å². The zero-order chi connectivity index (χ0) is 21.0. The minimum Gasteiger partial charge on any atom is -0.462 e. The lowest BCUT2D eigenvalue weighted by molar-refractivity contribution is -0.149. The highest BCUT2D eigenvalue weighted by Gasteiger charge is 2.63. The van der Waals surface area contributed by atoms with Crippen LogP contribution in [0.25, 0.3) is 0 Å². The third kappa shape index (κ3) is 5.86. The minimum absolute atomic E-state index is 0.0837. The van der Waals surface area contributed by atoms with Gasteiger partial charge in [0.05, 0.1) is 0 Å². The predicted octanol–water partition coefficient (Wildman–Crippen LogP) is 2.86. The number of allylic oxidation sites excluding steroid dienone is 1. The second-order valence-electron chi connectivity index (χ2n) is 4.99. The molecule has 0 saturated carbocycles. The van der Waals surface area contributed by atoms with Crippen LogP contribution in [0.15, 0.2) is 12.7 Å². The van der Waals surface area contributed by atoms with Crippen molar-refractivity contribution < 1.29 is 52.7 Å². The number of carbonyl (C=O) groups is 1. The zero-order valence-corrected chi connectivity index (χ0v) is 14.9. The fourth-order valence-electron chi connectivity index (χ4n) is 1.70. The lowest BCUT2D eigenvalue weighted by Gasteiger charge is -2.24. The summed E-state index contributed by atoms with van der Waals surface area (Å²) in [5, 5.41) is 0. The summed E-state index contributed by atoms with van der Waals surface area (Å²) in [4.78, 5) is 11.4. The zero-order valence-electron chi connectivity index (χ0n) is 13.3. The standard InChI is InChI=1S/C12H16F6O6S2/c1-3-5-6-9(19)24-8(4-2)7-10(25(20,21)11(13,14)15)26(22,23)12(16,17)18/h3,8,10H,1,4-7H2,2H3. The predicted molar refractivity (Wildman–Crippen MR) is 78.0 cm³/mol. The van der Waals surface area contributed by atoms with Crippen LogP contribution in [-0.2, 0) is 29.2 Å². The molecule has 0 fully saturated rings. The number of esters is 1. The van der Waals surface area contributed by atoms with E-state index >= 15 is 0 Å². The molecule has 0 aliphatic heterocycles. The summed E-state index contributed by atoms with van der Waals surface area (Å²) < 4.78 is 122. The second-order valence-corrected chi connectivity index (χ2v) is 9.54. The molecule has 0 N–H and O–H groups in total. The molecule has 0 rings (SSSR count). The lowest BCUT2D eigenvalue weighted by Crippen LogP contribution is -2.46. The van der Waals surface area contributed by atoms with Crippen molar-refractivity contribution in [1.29, 1.82) is 0 Å².